The predicted molar refractivity (Wildman–Crippen MR) is 68.3 cm³/mol. The molecule has 0 atom stereocenters. The lowest BCUT2D eigenvalue weighted by Gasteiger charge is -2.31. The number of benzene rings is 1. The van der Waals surface area contributed by atoms with Gasteiger partial charge in [0, 0.05) is 13.1 Å². The second kappa shape index (κ2) is 6.25. The first-order valence-corrected chi connectivity index (χ1v) is 6.55. The molecule has 1 heterocycles. The average Bonchev–Trinajstić information content (AvgIpc) is 2.37. The van der Waals surface area contributed by atoms with Crippen molar-refractivity contribution in [1.82, 2.24) is 4.90 Å². The smallest absolute Gasteiger partial charge is 0.126 e. The van der Waals surface area contributed by atoms with Gasteiger partial charge in [-0.15, -0.1) is 0 Å². The van der Waals surface area contributed by atoms with Crippen LogP contribution in [0.15, 0.2) is 18.2 Å². The van der Waals surface area contributed by atoms with Gasteiger partial charge in [0.25, 0.3) is 0 Å². The minimum Gasteiger partial charge on any atom is -0.329 e. The van der Waals surface area contributed by atoms with Gasteiger partial charge < -0.3 is 10.6 Å². The Bertz CT molecular complexity index is 387. The van der Waals surface area contributed by atoms with Crippen molar-refractivity contribution < 1.29 is 8.78 Å². The summed E-state index contributed by atoms with van der Waals surface area (Å²) in [5, 5.41) is 0. The lowest BCUT2D eigenvalue weighted by atomic mass is 9.90. The molecule has 0 aliphatic carbocycles. The Hall–Kier alpha value is -1.00. The molecule has 100 valence electrons. The number of nitrogens with zero attached hydrogens (tertiary/aromatic N) is 1. The minimum absolute atomic E-state index is 0.291. The fraction of sp³-hybridized carbons (Fsp3) is 0.571. The molecule has 2 nitrogen and oxygen atoms in total. The number of nitrogens with two attached hydrogens (primary N) is 1. The molecule has 1 saturated heterocycles. The van der Waals surface area contributed by atoms with Crippen LogP contribution in [0.1, 0.15) is 18.4 Å². The van der Waals surface area contributed by atoms with Crippen LogP contribution in [0, 0.1) is 17.6 Å². The fourth-order valence-electron chi connectivity index (χ4n) is 2.61. The molecule has 1 aromatic rings. The summed E-state index contributed by atoms with van der Waals surface area (Å²) in [6, 6.07) is 3.71. The number of halogens is 2. The number of rotatable bonds is 4. The van der Waals surface area contributed by atoms with E-state index in [1.54, 1.807) is 0 Å². The first-order valence-electron chi connectivity index (χ1n) is 6.55. The standard InChI is InChI=1S/C14H20F2N2/c15-13-1-2-14(16)12(10-13)9-11-3-6-18(7-4-11)8-5-17/h1-2,10-11H,3-9,17H2. The van der Waals surface area contributed by atoms with E-state index in [0.29, 0.717) is 24.4 Å². The summed E-state index contributed by atoms with van der Waals surface area (Å²) in [6.45, 7) is 3.64. The molecule has 2 rings (SSSR count). The second-order valence-corrected chi connectivity index (χ2v) is 5.01. The Morgan fingerprint density at radius 1 is 1.22 bits per heavy atom. The van der Waals surface area contributed by atoms with Gasteiger partial charge >= 0.3 is 0 Å². The van der Waals surface area contributed by atoms with E-state index in [1.165, 1.54) is 18.2 Å². The molecule has 1 aromatic carbocycles. The van der Waals surface area contributed by atoms with Gasteiger partial charge in [-0.25, -0.2) is 8.78 Å². The summed E-state index contributed by atoms with van der Waals surface area (Å²) in [5.74, 6) is -0.192. The number of likely N-dealkylation sites (tertiary alicyclic amines) is 1. The van der Waals surface area contributed by atoms with Crippen LogP contribution < -0.4 is 5.73 Å². The summed E-state index contributed by atoms with van der Waals surface area (Å²) in [4.78, 5) is 2.33. The van der Waals surface area contributed by atoms with Crippen molar-refractivity contribution in [3.05, 3.63) is 35.4 Å². The van der Waals surface area contributed by atoms with Crippen LogP contribution >= 0.6 is 0 Å². The molecule has 0 aromatic heterocycles. The predicted octanol–water partition coefficient (Wildman–Crippen LogP) is 2.18. The summed E-state index contributed by atoms with van der Waals surface area (Å²) >= 11 is 0. The third kappa shape index (κ3) is 3.50. The van der Waals surface area contributed by atoms with Crippen molar-refractivity contribution >= 4 is 0 Å². The highest BCUT2D eigenvalue weighted by atomic mass is 19.1. The van der Waals surface area contributed by atoms with Crippen molar-refractivity contribution in [3.8, 4) is 0 Å². The number of piperidine rings is 1. The van der Waals surface area contributed by atoms with Crippen LogP contribution in [0.4, 0.5) is 8.78 Å². The maximum atomic E-state index is 13.5. The van der Waals surface area contributed by atoms with Crippen molar-refractivity contribution in [2.24, 2.45) is 11.7 Å². The topological polar surface area (TPSA) is 29.3 Å². The van der Waals surface area contributed by atoms with Gasteiger partial charge in [-0.1, -0.05) is 0 Å². The zero-order valence-electron chi connectivity index (χ0n) is 10.5. The van der Waals surface area contributed by atoms with E-state index in [9.17, 15) is 8.78 Å². The normalized spacial score (nSPS) is 18.2. The molecular weight excluding hydrogens is 234 g/mol. The first kappa shape index (κ1) is 13.4. The maximum Gasteiger partial charge on any atom is 0.126 e. The molecule has 1 aliphatic rings. The van der Waals surface area contributed by atoms with Crippen molar-refractivity contribution in [3.63, 3.8) is 0 Å². The van der Waals surface area contributed by atoms with Crippen LogP contribution in [0.2, 0.25) is 0 Å². The Morgan fingerprint density at radius 3 is 2.61 bits per heavy atom. The molecule has 2 N–H and O–H groups in total. The largest absolute Gasteiger partial charge is 0.329 e. The van der Waals surface area contributed by atoms with Crippen molar-refractivity contribution in [2.75, 3.05) is 26.2 Å². The molecule has 0 unspecified atom stereocenters. The Labute approximate surface area is 107 Å². The van der Waals surface area contributed by atoms with E-state index < -0.39 is 0 Å². The zero-order chi connectivity index (χ0) is 13.0. The molecule has 0 spiro atoms. The lowest BCUT2D eigenvalue weighted by Crippen LogP contribution is -2.37. The molecule has 0 radical (unpaired) electrons. The molecule has 0 saturated carbocycles. The third-order valence-electron chi connectivity index (χ3n) is 3.67. The molecule has 0 amide bonds. The van der Waals surface area contributed by atoms with E-state index in [4.69, 9.17) is 5.73 Å². The second-order valence-electron chi connectivity index (χ2n) is 5.01. The quantitative estimate of drug-likeness (QED) is 0.892. The third-order valence-corrected chi connectivity index (χ3v) is 3.67. The summed E-state index contributed by atoms with van der Waals surface area (Å²) in [7, 11) is 0. The highest BCUT2D eigenvalue weighted by Gasteiger charge is 2.20. The molecule has 1 aliphatic heterocycles. The minimum atomic E-state index is -0.355. The van der Waals surface area contributed by atoms with E-state index in [-0.39, 0.29) is 11.6 Å². The number of hydrogen-bond donors (Lipinski definition) is 1. The highest BCUT2D eigenvalue weighted by Crippen LogP contribution is 2.23. The van der Waals surface area contributed by atoms with Gasteiger partial charge in [0.15, 0.2) is 0 Å². The van der Waals surface area contributed by atoms with Gasteiger partial charge in [0.2, 0.25) is 0 Å². The van der Waals surface area contributed by atoms with Gasteiger partial charge in [-0.3, -0.25) is 0 Å². The highest BCUT2D eigenvalue weighted by molar-refractivity contribution is 5.19. The Morgan fingerprint density at radius 2 is 1.94 bits per heavy atom. The molecule has 1 fully saturated rings. The van der Waals surface area contributed by atoms with Crippen LogP contribution in [-0.4, -0.2) is 31.1 Å². The van der Waals surface area contributed by atoms with Crippen LogP contribution in [0.3, 0.4) is 0 Å². The van der Waals surface area contributed by atoms with Gasteiger partial charge in [0.1, 0.15) is 11.6 Å². The summed E-state index contributed by atoms with van der Waals surface area (Å²) in [6.07, 6.45) is 2.71. The number of hydrogen-bond acceptors (Lipinski definition) is 2. The monoisotopic (exact) mass is 254 g/mol. The Kier molecular flexibility index (Phi) is 4.66. The van der Waals surface area contributed by atoms with Crippen molar-refractivity contribution in [1.29, 1.82) is 0 Å². The van der Waals surface area contributed by atoms with Crippen LogP contribution in [0.25, 0.3) is 0 Å². The van der Waals surface area contributed by atoms with E-state index in [2.05, 4.69) is 4.90 Å². The van der Waals surface area contributed by atoms with Gasteiger partial charge in [0.05, 0.1) is 0 Å². The molecule has 4 heteroatoms. The summed E-state index contributed by atoms with van der Waals surface area (Å²) < 4.78 is 26.6. The van der Waals surface area contributed by atoms with E-state index >= 15 is 0 Å². The zero-order valence-corrected chi connectivity index (χ0v) is 10.5. The molecular formula is C14H20F2N2. The molecule has 0 bridgehead atoms. The lowest BCUT2D eigenvalue weighted by molar-refractivity contribution is 0.188. The first-order chi connectivity index (χ1) is 8.69. The average molecular weight is 254 g/mol. The summed E-state index contributed by atoms with van der Waals surface area (Å²) in [5.41, 5.74) is 6.03. The molecule has 18 heavy (non-hydrogen) atoms. The van der Waals surface area contributed by atoms with Crippen LogP contribution in [-0.2, 0) is 6.42 Å². The van der Waals surface area contributed by atoms with Gasteiger partial charge in [-0.2, -0.15) is 0 Å². The fourth-order valence-corrected chi connectivity index (χ4v) is 2.61. The van der Waals surface area contributed by atoms with Crippen molar-refractivity contribution in [2.45, 2.75) is 19.3 Å². The Balaban J connectivity index is 1.89. The van der Waals surface area contributed by atoms with Gasteiger partial charge in [-0.05, 0) is 62.0 Å². The van der Waals surface area contributed by atoms with E-state index in [1.807, 2.05) is 0 Å². The maximum absolute atomic E-state index is 13.5. The van der Waals surface area contributed by atoms with Crippen LogP contribution in [0.5, 0.6) is 0 Å². The SMILES string of the molecule is NCCN1CCC(Cc2cc(F)ccc2F)CC1. The van der Waals surface area contributed by atoms with E-state index in [0.717, 1.165) is 32.5 Å².